The zero-order valence-corrected chi connectivity index (χ0v) is 11.9. The first-order valence-corrected chi connectivity index (χ1v) is 6.90. The Balaban J connectivity index is 1.99. The van der Waals surface area contributed by atoms with Gasteiger partial charge < -0.3 is 14.7 Å². The zero-order chi connectivity index (χ0) is 15.3. The second-order valence-electron chi connectivity index (χ2n) is 5.31. The fourth-order valence-electron chi connectivity index (χ4n) is 2.82. The molecule has 0 unspecified atom stereocenters. The standard InChI is InChI=1S/C17H13N3O2/c1-20-9-13(12-8-11(17(21)22)3-5-15(12)20)14-4-2-10-6-7-18-16(10)19-14/h2-9H,1H3,(H,18,19)(H,21,22). The minimum Gasteiger partial charge on any atom is -0.478 e. The second kappa shape index (κ2) is 4.46. The Bertz CT molecular complexity index is 981. The number of aromatic carboxylic acids is 1. The first-order valence-electron chi connectivity index (χ1n) is 6.90. The first kappa shape index (κ1) is 12.6. The third-order valence-electron chi connectivity index (χ3n) is 3.94. The van der Waals surface area contributed by atoms with Crippen molar-refractivity contribution in [3.05, 3.63) is 54.4 Å². The number of H-pyrrole nitrogens is 1. The maximum Gasteiger partial charge on any atom is 0.335 e. The maximum absolute atomic E-state index is 11.2. The molecule has 5 heteroatoms. The Morgan fingerprint density at radius 1 is 1.23 bits per heavy atom. The van der Waals surface area contributed by atoms with Crippen LogP contribution in [0.15, 0.2) is 48.8 Å². The third kappa shape index (κ3) is 1.79. The van der Waals surface area contributed by atoms with Gasteiger partial charge in [0.2, 0.25) is 0 Å². The number of pyridine rings is 1. The Morgan fingerprint density at radius 3 is 2.91 bits per heavy atom. The lowest BCUT2D eigenvalue weighted by Gasteiger charge is -2.04. The SMILES string of the molecule is Cn1cc(-c2ccc3ccnc-3[nH]2)c2cc(C(=O)O)ccc21. The van der Waals surface area contributed by atoms with E-state index in [-0.39, 0.29) is 5.56 Å². The predicted molar refractivity (Wildman–Crippen MR) is 84.1 cm³/mol. The highest BCUT2D eigenvalue weighted by Crippen LogP contribution is 2.31. The summed E-state index contributed by atoms with van der Waals surface area (Å²) in [5.41, 5.74) is 4.21. The van der Waals surface area contributed by atoms with Crippen molar-refractivity contribution < 1.29 is 9.90 Å². The van der Waals surface area contributed by atoms with Crippen molar-refractivity contribution >= 4 is 16.9 Å². The van der Waals surface area contributed by atoms with E-state index in [2.05, 4.69) is 9.97 Å². The van der Waals surface area contributed by atoms with Gasteiger partial charge in [-0.15, -0.1) is 0 Å². The van der Waals surface area contributed by atoms with Gasteiger partial charge in [0.15, 0.2) is 0 Å². The molecule has 108 valence electrons. The van der Waals surface area contributed by atoms with E-state index < -0.39 is 5.97 Å². The van der Waals surface area contributed by atoms with Crippen molar-refractivity contribution in [2.45, 2.75) is 0 Å². The molecule has 0 radical (unpaired) electrons. The Kier molecular flexibility index (Phi) is 2.56. The van der Waals surface area contributed by atoms with Gasteiger partial charge in [0, 0.05) is 47.2 Å². The fourth-order valence-corrected chi connectivity index (χ4v) is 2.82. The smallest absolute Gasteiger partial charge is 0.335 e. The minimum atomic E-state index is -0.922. The third-order valence-corrected chi connectivity index (χ3v) is 3.94. The Morgan fingerprint density at radius 2 is 2.09 bits per heavy atom. The summed E-state index contributed by atoms with van der Waals surface area (Å²) >= 11 is 0. The van der Waals surface area contributed by atoms with Crippen LogP contribution in [0.4, 0.5) is 0 Å². The quantitative estimate of drug-likeness (QED) is 0.595. The molecule has 0 spiro atoms. The molecule has 22 heavy (non-hydrogen) atoms. The van der Waals surface area contributed by atoms with E-state index >= 15 is 0 Å². The van der Waals surface area contributed by atoms with Gasteiger partial charge in [-0.3, -0.25) is 0 Å². The molecule has 0 amide bonds. The van der Waals surface area contributed by atoms with Crippen LogP contribution in [-0.2, 0) is 7.05 Å². The number of carbonyl (C=O) groups is 1. The number of nitrogens with zero attached hydrogens (tertiary/aromatic N) is 2. The molecule has 2 aliphatic rings. The van der Waals surface area contributed by atoms with Crippen LogP contribution in [0.2, 0.25) is 0 Å². The molecule has 0 saturated carbocycles. The molecule has 0 saturated heterocycles. The normalized spacial score (nSPS) is 11.3. The van der Waals surface area contributed by atoms with Gasteiger partial charge in [-0.25, -0.2) is 9.78 Å². The van der Waals surface area contributed by atoms with E-state index in [9.17, 15) is 9.90 Å². The number of carboxylic acid groups (broad SMARTS) is 1. The second-order valence-corrected chi connectivity index (χ2v) is 5.31. The van der Waals surface area contributed by atoms with E-state index in [1.54, 1.807) is 18.3 Å². The number of nitrogens with one attached hydrogen (secondary N) is 1. The molecule has 0 bridgehead atoms. The van der Waals surface area contributed by atoms with E-state index in [0.29, 0.717) is 0 Å². The number of fused-ring (bicyclic) bond motifs is 2. The number of hydrogen-bond donors (Lipinski definition) is 2. The number of hydrogen-bond acceptors (Lipinski definition) is 2. The highest BCUT2D eigenvalue weighted by atomic mass is 16.4. The van der Waals surface area contributed by atoms with Gasteiger partial charge in [-0.2, -0.15) is 0 Å². The lowest BCUT2D eigenvalue weighted by atomic mass is 10.1. The maximum atomic E-state index is 11.2. The van der Waals surface area contributed by atoms with Gasteiger partial charge in [-0.05, 0) is 36.4 Å². The lowest BCUT2D eigenvalue weighted by molar-refractivity contribution is 0.0697. The summed E-state index contributed by atoms with van der Waals surface area (Å²) in [7, 11) is 1.95. The zero-order valence-electron chi connectivity index (χ0n) is 11.9. The van der Waals surface area contributed by atoms with Gasteiger partial charge in [-0.1, -0.05) is 0 Å². The monoisotopic (exact) mass is 291 g/mol. The van der Waals surface area contributed by atoms with Crippen molar-refractivity contribution in [1.29, 1.82) is 0 Å². The molecule has 2 aliphatic heterocycles. The molecule has 1 aromatic heterocycles. The molecule has 5 nitrogen and oxygen atoms in total. The van der Waals surface area contributed by atoms with E-state index in [1.807, 2.05) is 42.1 Å². The molecule has 0 aliphatic carbocycles. The highest BCUT2D eigenvalue weighted by molar-refractivity contribution is 6.00. The largest absolute Gasteiger partial charge is 0.478 e. The average molecular weight is 291 g/mol. The van der Waals surface area contributed by atoms with Crippen LogP contribution >= 0.6 is 0 Å². The summed E-state index contributed by atoms with van der Waals surface area (Å²) in [6.07, 6.45) is 3.76. The van der Waals surface area contributed by atoms with Crippen LogP contribution in [0.5, 0.6) is 0 Å². The number of benzene rings is 1. The fraction of sp³-hybridized carbons (Fsp3) is 0.0588. The number of aromatic nitrogens is 3. The molecule has 2 aromatic rings. The molecular weight excluding hydrogens is 278 g/mol. The first-order chi connectivity index (χ1) is 10.6. The predicted octanol–water partition coefficient (Wildman–Crippen LogP) is 3.37. The van der Waals surface area contributed by atoms with Gasteiger partial charge in [0.1, 0.15) is 5.82 Å². The van der Waals surface area contributed by atoms with E-state index in [4.69, 9.17) is 0 Å². The molecule has 1 aromatic carbocycles. The molecule has 3 heterocycles. The molecule has 0 fully saturated rings. The molecule has 4 rings (SSSR count). The van der Waals surface area contributed by atoms with Gasteiger partial charge in [0.25, 0.3) is 0 Å². The molecule has 0 atom stereocenters. The van der Waals surface area contributed by atoms with Crippen molar-refractivity contribution in [2.75, 3.05) is 0 Å². The van der Waals surface area contributed by atoms with E-state index in [0.717, 1.165) is 33.5 Å². The van der Waals surface area contributed by atoms with Gasteiger partial charge >= 0.3 is 5.97 Å². The van der Waals surface area contributed by atoms with Crippen LogP contribution in [0.25, 0.3) is 33.5 Å². The topological polar surface area (TPSA) is 70.9 Å². The van der Waals surface area contributed by atoms with Crippen molar-refractivity contribution in [2.24, 2.45) is 7.05 Å². The van der Waals surface area contributed by atoms with Crippen LogP contribution in [0.1, 0.15) is 10.4 Å². The van der Waals surface area contributed by atoms with Crippen molar-refractivity contribution in [3.8, 4) is 22.6 Å². The van der Waals surface area contributed by atoms with Crippen LogP contribution in [-0.4, -0.2) is 25.6 Å². The van der Waals surface area contributed by atoms with Crippen molar-refractivity contribution in [1.82, 2.24) is 14.5 Å². The summed E-state index contributed by atoms with van der Waals surface area (Å²) in [5, 5.41) is 10.1. The van der Waals surface area contributed by atoms with Crippen molar-refractivity contribution in [3.63, 3.8) is 0 Å². The van der Waals surface area contributed by atoms with Gasteiger partial charge in [0.05, 0.1) is 5.56 Å². The minimum absolute atomic E-state index is 0.285. The van der Waals surface area contributed by atoms with E-state index in [1.165, 1.54) is 0 Å². The highest BCUT2D eigenvalue weighted by Gasteiger charge is 2.14. The number of carboxylic acids is 1. The summed E-state index contributed by atoms with van der Waals surface area (Å²) in [6, 6.07) is 11.1. The molecule has 2 N–H and O–H groups in total. The van der Waals surface area contributed by atoms with Crippen LogP contribution in [0, 0.1) is 0 Å². The lowest BCUT2D eigenvalue weighted by Crippen LogP contribution is -1.95. The summed E-state index contributed by atoms with van der Waals surface area (Å²) in [4.78, 5) is 18.8. The Hall–Kier alpha value is -3.08. The molecular formula is C17H13N3O2. The number of aromatic amines is 1. The van der Waals surface area contributed by atoms with Crippen LogP contribution in [0.3, 0.4) is 0 Å². The van der Waals surface area contributed by atoms with Crippen LogP contribution < -0.4 is 0 Å². The number of rotatable bonds is 2. The summed E-state index contributed by atoms with van der Waals surface area (Å²) in [5.74, 6) is -0.0993. The Labute approximate surface area is 126 Å². The summed E-state index contributed by atoms with van der Waals surface area (Å²) in [6.45, 7) is 0. The number of aryl methyl sites for hydroxylation is 1. The summed E-state index contributed by atoms with van der Waals surface area (Å²) < 4.78 is 1.99. The average Bonchev–Trinajstić information content (AvgIpc) is 3.10.